The van der Waals surface area contributed by atoms with Crippen molar-refractivity contribution in [2.75, 3.05) is 40.4 Å². The van der Waals surface area contributed by atoms with Crippen molar-refractivity contribution in [3.63, 3.8) is 0 Å². The van der Waals surface area contributed by atoms with Crippen LogP contribution in [0.4, 0.5) is 4.39 Å². The van der Waals surface area contributed by atoms with Gasteiger partial charge in [-0.1, -0.05) is 12.1 Å². The minimum Gasteiger partial charge on any atom is -0.493 e. The number of sulfonamides is 1. The minimum absolute atomic E-state index is 0.0956. The van der Waals surface area contributed by atoms with Gasteiger partial charge in [0.2, 0.25) is 10.0 Å². The number of benzene rings is 2. The molecule has 1 saturated heterocycles. The van der Waals surface area contributed by atoms with E-state index in [1.807, 2.05) is 0 Å². The van der Waals surface area contributed by atoms with Gasteiger partial charge in [-0.05, 0) is 30.3 Å². The largest absolute Gasteiger partial charge is 0.493 e. The Morgan fingerprint density at radius 2 is 1.68 bits per heavy atom. The van der Waals surface area contributed by atoms with Crippen LogP contribution in [0.3, 0.4) is 0 Å². The first kappa shape index (κ1) is 20.1. The Morgan fingerprint density at radius 1 is 1.00 bits per heavy atom. The van der Waals surface area contributed by atoms with Crippen molar-refractivity contribution in [3.05, 3.63) is 53.8 Å². The van der Waals surface area contributed by atoms with E-state index in [9.17, 15) is 17.6 Å². The van der Waals surface area contributed by atoms with Crippen LogP contribution in [0.5, 0.6) is 11.5 Å². The zero-order chi connectivity index (χ0) is 20.3. The number of carbonyl (C=O) groups is 1. The first-order chi connectivity index (χ1) is 13.4. The van der Waals surface area contributed by atoms with Gasteiger partial charge >= 0.3 is 0 Å². The van der Waals surface area contributed by atoms with E-state index in [0.717, 1.165) is 6.07 Å². The first-order valence-corrected chi connectivity index (χ1v) is 10.1. The van der Waals surface area contributed by atoms with Gasteiger partial charge in [-0.2, -0.15) is 4.31 Å². The van der Waals surface area contributed by atoms with Crippen molar-refractivity contribution in [3.8, 4) is 11.5 Å². The molecule has 3 rings (SSSR count). The molecule has 1 fully saturated rings. The number of piperazine rings is 1. The topological polar surface area (TPSA) is 76.2 Å². The van der Waals surface area contributed by atoms with Crippen LogP contribution in [-0.2, 0) is 10.0 Å². The Bertz CT molecular complexity index is 972. The maximum Gasteiger partial charge on any atom is 0.257 e. The summed E-state index contributed by atoms with van der Waals surface area (Å²) in [6.07, 6.45) is 0. The molecular formula is C19H21FN2O5S. The number of ether oxygens (including phenoxy) is 2. The molecule has 0 bridgehead atoms. The van der Waals surface area contributed by atoms with E-state index in [1.165, 1.54) is 36.7 Å². The quantitative estimate of drug-likeness (QED) is 0.756. The van der Waals surface area contributed by atoms with Crippen molar-refractivity contribution >= 4 is 15.9 Å². The van der Waals surface area contributed by atoms with Crippen LogP contribution in [0.25, 0.3) is 0 Å². The summed E-state index contributed by atoms with van der Waals surface area (Å²) in [5.74, 6) is -0.0935. The third kappa shape index (κ3) is 3.81. The zero-order valence-electron chi connectivity index (χ0n) is 15.6. The molecule has 0 atom stereocenters. The summed E-state index contributed by atoms with van der Waals surface area (Å²) < 4.78 is 50.6. The predicted octanol–water partition coefficient (Wildman–Crippen LogP) is 1.99. The number of nitrogens with zero attached hydrogens (tertiary/aromatic N) is 2. The summed E-state index contributed by atoms with van der Waals surface area (Å²) in [4.78, 5) is 14.4. The third-order valence-electron chi connectivity index (χ3n) is 4.59. The molecule has 2 aromatic rings. The Hall–Kier alpha value is -2.65. The summed E-state index contributed by atoms with van der Waals surface area (Å²) >= 11 is 0. The smallest absolute Gasteiger partial charge is 0.257 e. The summed E-state index contributed by atoms with van der Waals surface area (Å²) in [5, 5.41) is 0. The van der Waals surface area contributed by atoms with E-state index >= 15 is 0 Å². The molecule has 0 aliphatic carbocycles. The van der Waals surface area contributed by atoms with Crippen LogP contribution >= 0.6 is 0 Å². The van der Waals surface area contributed by atoms with Crippen molar-refractivity contribution in [1.82, 2.24) is 9.21 Å². The van der Waals surface area contributed by atoms with Crippen molar-refractivity contribution < 1.29 is 27.1 Å². The lowest BCUT2D eigenvalue weighted by Crippen LogP contribution is -2.50. The third-order valence-corrected chi connectivity index (χ3v) is 6.49. The lowest BCUT2D eigenvalue weighted by Gasteiger charge is -2.34. The molecule has 9 heteroatoms. The number of carbonyl (C=O) groups excluding carboxylic acids is 1. The summed E-state index contributed by atoms with van der Waals surface area (Å²) in [5.41, 5.74) is 0.350. The lowest BCUT2D eigenvalue weighted by atomic mass is 10.1. The molecule has 2 aromatic carbocycles. The van der Waals surface area contributed by atoms with Gasteiger partial charge in [0.25, 0.3) is 5.91 Å². The summed E-state index contributed by atoms with van der Waals surface area (Å²) in [6.45, 7) is 0.676. The van der Waals surface area contributed by atoms with Crippen LogP contribution in [-0.4, -0.2) is 63.9 Å². The van der Waals surface area contributed by atoms with Crippen LogP contribution in [0.15, 0.2) is 47.4 Å². The van der Waals surface area contributed by atoms with Gasteiger partial charge in [0.05, 0.1) is 24.7 Å². The molecular weight excluding hydrogens is 387 g/mol. The van der Waals surface area contributed by atoms with E-state index in [2.05, 4.69) is 0 Å². The second kappa shape index (κ2) is 8.15. The average Bonchev–Trinajstić information content (AvgIpc) is 2.72. The SMILES string of the molecule is COc1cccc(C(=O)N2CCN(S(=O)(=O)c3cccc(F)c3)CC2)c1OC. The summed E-state index contributed by atoms with van der Waals surface area (Å²) in [6, 6.07) is 9.93. The molecule has 0 aromatic heterocycles. The molecule has 0 saturated carbocycles. The van der Waals surface area contributed by atoms with Gasteiger partial charge in [0.1, 0.15) is 5.82 Å². The van der Waals surface area contributed by atoms with Crippen molar-refractivity contribution in [2.24, 2.45) is 0 Å². The number of hydrogen-bond donors (Lipinski definition) is 0. The van der Waals surface area contributed by atoms with Crippen LogP contribution in [0.2, 0.25) is 0 Å². The van der Waals surface area contributed by atoms with E-state index in [0.29, 0.717) is 17.1 Å². The Morgan fingerprint density at radius 3 is 2.29 bits per heavy atom. The standard InChI is InChI=1S/C19H21FN2O5S/c1-26-17-8-4-7-16(18(17)27-2)19(23)21-9-11-22(12-10-21)28(24,25)15-6-3-5-14(20)13-15/h3-8,13H,9-12H2,1-2H3. The van der Waals surface area contributed by atoms with Crippen LogP contribution in [0, 0.1) is 5.82 Å². The van der Waals surface area contributed by atoms with Crippen molar-refractivity contribution in [2.45, 2.75) is 4.90 Å². The molecule has 7 nitrogen and oxygen atoms in total. The highest BCUT2D eigenvalue weighted by Crippen LogP contribution is 2.32. The molecule has 150 valence electrons. The molecule has 0 unspecified atom stereocenters. The maximum absolute atomic E-state index is 13.4. The number of methoxy groups -OCH3 is 2. The molecule has 1 aliphatic rings. The summed E-state index contributed by atoms with van der Waals surface area (Å²) in [7, 11) is -0.866. The fraction of sp³-hybridized carbons (Fsp3) is 0.316. The molecule has 0 spiro atoms. The fourth-order valence-corrected chi connectivity index (χ4v) is 4.59. The molecule has 0 radical (unpaired) electrons. The number of rotatable bonds is 5. The Labute approximate surface area is 163 Å². The maximum atomic E-state index is 13.4. The van der Waals surface area contributed by atoms with Gasteiger partial charge < -0.3 is 14.4 Å². The molecule has 1 aliphatic heterocycles. The number of para-hydroxylation sites is 1. The minimum atomic E-state index is -3.81. The van der Waals surface area contributed by atoms with Gasteiger partial charge in [-0.15, -0.1) is 0 Å². The predicted molar refractivity (Wildman–Crippen MR) is 101 cm³/mol. The number of halogens is 1. The average molecular weight is 408 g/mol. The van der Waals surface area contributed by atoms with Gasteiger partial charge in [-0.25, -0.2) is 12.8 Å². The van der Waals surface area contributed by atoms with E-state index in [-0.39, 0.29) is 37.0 Å². The fourth-order valence-electron chi connectivity index (χ4n) is 3.13. The zero-order valence-corrected chi connectivity index (χ0v) is 16.4. The number of hydrogen-bond acceptors (Lipinski definition) is 5. The number of amides is 1. The normalized spacial score (nSPS) is 15.3. The molecule has 28 heavy (non-hydrogen) atoms. The second-order valence-electron chi connectivity index (χ2n) is 6.19. The molecule has 1 amide bonds. The lowest BCUT2D eigenvalue weighted by molar-refractivity contribution is 0.0694. The van der Waals surface area contributed by atoms with Gasteiger partial charge in [0, 0.05) is 26.2 Å². The second-order valence-corrected chi connectivity index (χ2v) is 8.13. The monoisotopic (exact) mass is 408 g/mol. The Kier molecular flexibility index (Phi) is 5.85. The van der Waals surface area contributed by atoms with Crippen LogP contribution < -0.4 is 9.47 Å². The highest BCUT2D eigenvalue weighted by atomic mass is 32.2. The highest BCUT2D eigenvalue weighted by Gasteiger charge is 2.31. The highest BCUT2D eigenvalue weighted by molar-refractivity contribution is 7.89. The van der Waals surface area contributed by atoms with E-state index in [1.54, 1.807) is 23.1 Å². The van der Waals surface area contributed by atoms with Crippen molar-refractivity contribution in [1.29, 1.82) is 0 Å². The van der Waals surface area contributed by atoms with E-state index < -0.39 is 15.8 Å². The van der Waals surface area contributed by atoms with Gasteiger partial charge in [0.15, 0.2) is 11.5 Å². The van der Waals surface area contributed by atoms with Gasteiger partial charge in [-0.3, -0.25) is 4.79 Å². The van der Waals surface area contributed by atoms with Crippen LogP contribution in [0.1, 0.15) is 10.4 Å². The molecule has 1 heterocycles. The first-order valence-electron chi connectivity index (χ1n) is 8.64. The molecule has 0 N–H and O–H groups in total. The van der Waals surface area contributed by atoms with E-state index in [4.69, 9.17) is 9.47 Å². The Balaban J connectivity index is 1.75.